The Bertz CT molecular complexity index is 1050. The predicted molar refractivity (Wildman–Crippen MR) is 114 cm³/mol. The predicted octanol–water partition coefficient (Wildman–Crippen LogP) is 4.15. The molecule has 0 spiro atoms. The van der Waals surface area contributed by atoms with Crippen LogP contribution in [0.2, 0.25) is 0 Å². The van der Waals surface area contributed by atoms with Crippen molar-refractivity contribution in [3.8, 4) is 0 Å². The van der Waals surface area contributed by atoms with Crippen molar-refractivity contribution in [3.05, 3.63) is 23.9 Å². The van der Waals surface area contributed by atoms with Gasteiger partial charge in [0.2, 0.25) is 17.8 Å². The number of carbonyl (C=O) groups is 2. The third-order valence-corrected chi connectivity index (χ3v) is 7.37. The number of anilines is 1. The standard InChI is InChI=1S/C23H28F3N5O2/c24-23(25,26)13-20(32)30-10-8-14-4-7-17(12-16(14)9-11-30)18-2-1-3-19-27-22(29-31(18)19)28-21(33)15-5-6-15/h1-3,14-17H,4-13H2,(H,28,29,33). The van der Waals surface area contributed by atoms with Gasteiger partial charge in [-0.15, -0.1) is 5.10 Å². The number of hydrogen-bond acceptors (Lipinski definition) is 4. The third-order valence-electron chi connectivity index (χ3n) is 7.37. The van der Waals surface area contributed by atoms with Gasteiger partial charge in [-0.1, -0.05) is 6.07 Å². The van der Waals surface area contributed by atoms with Gasteiger partial charge in [0.25, 0.3) is 0 Å². The Morgan fingerprint density at radius 2 is 1.79 bits per heavy atom. The number of rotatable bonds is 4. The summed E-state index contributed by atoms with van der Waals surface area (Å²) in [4.78, 5) is 30.0. The zero-order chi connectivity index (χ0) is 23.2. The van der Waals surface area contributed by atoms with E-state index in [2.05, 4.69) is 15.4 Å². The van der Waals surface area contributed by atoms with Crippen LogP contribution in [0.1, 0.15) is 63.0 Å². The van der Waals surface area contributed by atoms with E-state index in [9.17, 15) is 22.8 Å². The lowest BCUT2D eigenvalue weighted by Crippen LogP contribution is -2.35. The van der Waals surface area contributed by atoms with Crippen molar-refractivity contribution in [3.63, 3.8) is 0 Å². The molecule has 0 aromatic carbocycles. The minimum atomic E-state index is -4.46. The average molecular weight is 464 g/mol. The Morgan fingerprint density at radius 3 is 2.52 bits per heavy atom. The second-order valence-corrected chi connectivity index (χ2v) is 9.70. The summed E-state index contributed by atoms with van der Waals surface area (Å²) >= 11 is 0. The van der Waals surface area contributed by atoms with E-state index in [1.165, 1.54) is 4.90 Å². The van der Waals surface area contributed by atoms with Gasteiger partial charge in [0, 0.05) is 30.6 Å². The number of hydrogen-bond donors (Lipinski definition) is 1. The zero-order valence-electron chi connectivity index (χ0n) is 18.4. The first-order chi connectivity index (χ1) is 15.8. The molecule has 3 atom stereocenters. The maximum absolute atomic E-state index is 12.7. The molecule has 1 N–H and O–H groups in total. The number of fused-ring (bicyclic) bond motifs is 2. The normalized spacial score (nSPS) is 26.0. The Kier molecular flexibility index (Phi) is 5.78. The highest BCUT2D eigenvalue weighted by molar-refractivity contribution is 5.92. The van der Waals surface area contributed by atoms with Crippen LogP contribution in [0.15, 0.2) is 18.2 Å². The molecule has 33 heavy (non-hydrogen) atoms. The average Bonchev–Trinajstić information content (AvgIpc) is 3.55. The molecule has 2 aromatic rings. The van der Waals surface area contributed by atoms with E-state index < -0.39 is 18.5 Å². The smallest absolute Gasteiger partial charge is 0.342 e. The van der Waals surface area contributed by atoms with Crippen molar-refractivity contribution in [2.24, 2.45) is 17.8 Å². The molecule has 3 heterocycles. The number of likely N-dealkylation sites (tertiary alicyclic amines) is 1. The number of pyridine rings is 1. The maximum Gasteiger partial charge on any atom is 0.397 e. The number of nitrogens with one attached hydrogen (secondary N) is 1. The number of aromatic nitrogens is 3. The van der Waals surface area contributed by atoms with Crippen molar-refractivity contribution in [2.45, 2.75) is 63.5 Å². The van der Waals surface area contributed by atoms with Gasteiger partial charge >= 0.3 is 6.18 Å². The van der Waals surface area contributed by atoms with Gasteiger partial charge in [0.15, 0.2) is 5.65 Å². The van der Waals surface area contributed by atoms with Crippen LogP contribution in [0.4, 0.5) is 19.1 Å². The Balaban J connectivity index is 1.28. The quantitative estimate of drug-likeness (QED) is 0.739. The number of carbonyl (C=O) groups excluding carboxylic acids is 2. The Labute approximate surface area is 189 Å². The highest BCUT2D eigenvalue weighted by Gasteiger charge is 2.38. The van der Waals surface area contributed by atoms with Crippen LogP contribution in [0.25, 0.3) is 5.65 Å². The first-order valence-corrected chi connectivity index (χ1v) is 11.8. The van der Waals surface area contributed by atoms with Crippen LogP contribution in [0.5, 0.6) is 0 Å². The summed E-state index contributed by atoms with van der Waals surface area (Å²) in [5.41, 5.74) is 1.73. The van der Waals surface area contributed by atoms with E-state index in [0.29, 0.717) is 36.5 Å². The number of alkyl halides is 3. The van der Waals surface area contributed by atoms with Gasteiger partial charge in [-0.25, -0.2) is 4.52 Å². The van der Waals surface area contributed by atoms with E-state index in [-0.39, 0.29) is 17.7 Å². The van der Waals surface area contributed by atoms with Crippen molar-refractivity contribution in [1.29, 1.82) is 0 Å². The van der Waals surface area contributed by atoms with Gasteiger partial charge < -0.3 is 4.90 Å². The molecule has 3 fully saturated rings. The minimum absolute atomic E-state index is 0.0314. The fourth-order valence-corrected chi connectivity index (χ4v) is 5.46. The summed E-state index contributed by atoms with van der Waals surface area (Å²) in [6.45, 7) is 0.789. The van der Waals surface area contributed by atoms with E-state index in [4.69, 9.17) is 0 Å². The minimum Gasteiger partial charge on any atom is -0.342 e. The molecule has 3 aliphatic rings. The molecule has 10 heteroatoms. The molecule has 2 amide bonds. The van der Waals surface area contributed by atoms with Crippen LogP contribution in [0.3, 0.4) is 0 Å². The molecule has 2 saturated carbocycles. The maximum atomic E-state index is 12.7. The lowest BCUT2D eigenvalue weighted by Gasteiger charge is -2.35. The summed E-state index contributed by atoms with van der Waals surface area (Å²) in [5.74, 6) is 0.585. The van der Waals surface area contributed by atoms with E-state index in [1.54, 1.807) is 0 Å². The van der Waals surface area contributed by atoms with Gasteiger partial charge in [-0.2, -0.15) is 18.2 Å². The summed E-state index contributed by atoms with van der Waals surface area (Å²) < 4.78 is 39.8. The van der Waals surface area contributed by atoms with Crippen LogP contribution in [-0.4, -0.2) is 50.6 Å². The largest absolute Gasteiger partial charge is 0.397 e. The summed E-state index contributed by atoms with van der Waals surface area (Å²) in [6.07, 6.45) is 0.310. The van der Waals surface area contributed by atoms with E-state index >= 15 is 0 Å². The molecule has 1 aliphatic heterocycles. The molecular weight excluding hydrogens is 435 g/mol. The molecule has 0 bridgehead atoms. The fraction of sp³-hybridized carbons (Fsp3) is 0.652. The number of halogens is 3. The van der Waals surface area contributed by atoms with Crippen molar-refractivity contribution in [1.82, 2.24) is 19.5 Å². The van der Waals surface area contributed by atoms with Gasteiger partial charge in [-0.3, -0.25) is 14.9 Å². The van der Waals surface area contributed by atoms with Crippen LogP contribution in [0, 0.1) is 17.8 Å². The SMILES string of the molecule is O=C(Nc1nc2cccc(C3CCC4CCN(C(=O)CC(F)(F)F)CCC4C3)n2n1)C1CC1. The molecule has 178 valence electrons. The van der Waals surface area contributed by atoms with Gasteiger partial charge in [0.05, 0.1) is 0 Å². The first-order valence-electron chi connectivity index (χ1n) is 11.8. The molecule has 0 radical (unpaired) electrons. The highest BCUT2D eigenvalue weighted by Crippen LogP contribution is 2.44. The van der Waals surface area contributed by atoms with Crippen molar-refractivity contribution >= 4 is 23.4 Å². The molecular formula is C23H28F3N5O2. The topological polar surface area (TPSA) is 79.6 Å². The number of nitrogens with zero attached hydrogens (tertiary/aromatic N) is 4. The molecule has 5 rings (SSSR count). The highest BCUT2D eigenvalue weighted by atomic mass is 19.4. The van der Waals surface area contributed by atoms with Crippen LogP contribution >= 0.6 is 0 Å². The van der Waals surface area contributed by atoms with E-state index in [1.807, 2.05) is 22.7 Å². The molecule has 1 saturated heterocycles. The first kappa shape index (κ1) is 22.2. The second kappa shape index (κ2) is 8.61. The summed E-state index contributed by atoms with van der Waals surface area (Å²) in [5, 5.41) is 7.35. The lowest BCUT2D eigenvalue weighted by atomic mass is 9.71. The Morgan fingerprint density at radius 1 is 1.03 bits per heavy atom. The van der Waals surface area contributed by atoms with Crippen molar-refractivity contribution < 1.29 is 22.8 Å². The monoisotopic (exact) mass is 463 g/mol. The Hall–Kier alpha value is -2.65. The number of amides is 2. The molecule has 2 aromatic heterocycles. The van der Waals surface area contributed by atoms with Crippen LogP contribution < -0.4 is 5.32 Å². The third kappa shape index (κ3) is 4.99. The van der Waals surface area contributed by atoms with E-state index in [0.717, 1.165) is 50.6 Å². The van der Waals surface area contributed by atoms with Gasteiger partial charge in [0.1, 0.15) is 6.42 Å². The molecule has 7 nitrogen and oxygen atoms in total. The summed E-state index contributed by atoms with van der Waals surface area (Å²) in [7, 11) is 0. The zero-order valence-corrected chi connectivity index (χ0v) is 18.4. The van der Waals surface area contributed by atoms with Gasteiger partial charge in [-0.05, 0) is 68.9 Å². The summed E-state index contributed by atoms with van der Waals surface area (Å²) in [6, 6.07) is 5.85. The molecule has 2 aliphatic carbocycles. The van der Waals surface area contributed by atoms with Crippen LogP contribution in [-0.2, 0) is 9.59 Å². The second-order valence-electron chi connectivity index (χ2n) is 9.70. The lowest BCUT2D eigenvalue weighted by molar-refractivity contribution is -0.161. The van der Waals surface area contributed by atoms with Crippen molar-refractivity contribution in [2.75, 3.05) is 18.4 Å². The fourth-order valence-electron chi connectivity index (χ4n) is 5.46. The molecule has 3 unspecified atom stereocenters.